The average molecular weight is 723 g/mol. The van der Waals surface area contributed by atoms with Crippen molar-refractivity contribution in [1.82, 2.24) is 0 Å². The zero-order chi connectivity index (χ0) is 37.8. The molecule has 1 aliphatic rings. The Labute approximate surface area is 334 Å². The Morgan fingerprint density at radius 1 is 0.228 bits per heavy atom. The molecule has 0 saturated carbocycles. The van der Waals surface area contributed by atoms with Gasteiger partial charge in [0.2, 0.25) is 0 Å². The van der Waals surface area contributed by atoms with E-state index in [1.807, 2.05) is 0 Å². The molecule has 0 heterocycles. The third-order valence-electron chi connectivity index (χ3n) is 12.2. The summed E-state index contributed by atoms with van der Waals surface area (Å²) in [4.78, 5) is 0. The number of hydrogen-bond donors (Lipinski definition) is 0. The summed E-state index contributed by atoms with van der Waals surface area (Å²) in [6.45, 7) is 0. The van der Waals surface area contributed by atoms with E-state index < -0.39 is 5.41 Å². The van der Waals surface area contributed by atoms with Crippen LogP contribution in [0.1, 0.15) is 22.3 Å². The van der Waals surface area contributed by atoms with Gasteiger partial charge in [-0.2, -0.15) is 0 Å². The summed E-state index contributed by atoms with van der Waals surface area (Å²) >= 11 is 0. The van der Waals surface area contributed by atoms with E-state index in [2.05, 4.69) is 231 Å². The van der Waals surface area contributed by atoms with Crippen LogP contribution >= 0.6 is 0 Å². The van der Waals surface area contributed by atoms with Gasteiger partial charge in [0.15, 0.2) is 0 Å². The van der Waals surface area contributed by atoms with Gasteiger partial charge in [-0.1, -0.05) is 206 Å². The molecule has 0 aromatic heterocycles. The van der Waals surface area contributed by atoms with Crippen molar-refractivity contribution in [3.05, 3.63) is 253 Å². The van der Waals surface area contributed by atoms with Crippen LogP contribution in [-0.2, 0) is 5.41 Å². The van der Waals surface area contributed by atoms with Gasteiger partial charge in [0, 0.05) is 0 Å². The van der Waals surface area contributed by atoms with Gasteiger partial charge >= 0.3 is 0 Å². The average Bonchev–Trinajstić information content (AvgIpc) is 3.59. The first-order chi connectivity index (χ1) is 28.3. The fourth-order valence-electron chi connectivity index (χ4n) is 9.49. The Balaban J connectivity index is 1.16. The second-order valence-electron chi connectivity index (χ2n) is 15.2. The van der Waals surface area contributed by atoms with Crippen LogP contribution in [0.2, 0.25) is 0 Å². The van der Waals surface area contributed by atoms with Crippen molar-refractivity contribution in [3.8, 4) is 55.6 Å². The van der Waals surface area contributed by atoms with Crippen LogP contribution in [0.5, 0.6) is 0 Å². The van der Waals surface area contributed by atoms with Crippen LogP contribution in [0, 0.1) is 0 Å². The Morgan fingerprint density at radius 2 is 0.737 bits per heavy atom. The van der Waals surface area contributed by atoms with E-state index in [9.17, 15) is 0 Å². The monoisotopic (exact) mass is 722 g/mol. The van der Waals surface area contributed by atoms with Crippen molar-refractivity contribution < 1.29 is 0 Å². The molecular formula is C57H38. The summed E-state index contributed by atoms with van der Waals surface area (Å²) in [7, 11) is 0. The normalized spacial score (nSPS) is 12.7. The van der Waals surface area contributed by atoms with Crippen molar-refractivity contribution >= 4 is 21.5 Å². The third-order valence-corrected chi connectivity index (χ3v) is 12.2. The quantitative estimate of drug-likeness (QED) is 0.160. The maximum atomic E-state index is 2.53. The molecule has 0 amide bonds. The standard InChI is InChI=1S/C57H38/c1-4-15-39(16-5-1)44-19-14-20-45(35-44)41-27-30-42(31-28-41)49-33-34-50(46-32-29-40-17-10-11-18-43(40)36-46)52-37-54-51-25-12-13-26-55(51)57(56(54)38-53(49)52,47-21-6-2-7-22-47)48-23-8-3-9-24-48/h1-38H. The van der Waals surface area contributed by atoms with Crippen molar-refractivity contribution in [2.75, 3.05) is 0 Å². The van der Waals surface area contributed by atoms with E-state index in [0.717, 1.165) is 0 Å². The number of fused-ring (bicyclic) bond motifs is 5. The Hall–Kier alpha value is -7.28. The maximum Gasteiger partial charge on any atom is 0.0713 e. The highest BCUT2D eigenvalue weighted by Crippen LogP contribution is 2.57. The highest BCUT2D eigenvalue weighted by molar-refractivity contribution is 6.09. The van der Waals surface area contributed by atoms with E-state index in [-0.39, 0.29) is 0 Å². The molecule has 0 spiro atoms. The summed E-state index contributed by atoms with van der Waals surface area (Å²) in [5.74, 6) is 0. The molecule has 0 aliphatic heterocycles. The maximum absolute atomic E-state index is 2.53. The number of benzene rings is 10. The second kappa shape index (κ2) is 13.5. The first-order valence-electron chi connectivity index (χ1n) is 19.8. The summed E-state index contributed by atoms with van der Waals surface area (Å²) in [5, 5.41) is 5.01. The Kier molecular flexibility index (Phi) is 7.83. The van der Waals surface area contributed by atoms with Gasteiger partial charge in [-0.3, -0.25) is 0 Å². The van der Waals surface area contributed by atoms with Crippen LogP contribution < -0.4 is 0 Å². The van der Waals surface area contributed by atoms with Gasteiger partial charge < -0.3 is 0 Å². The minimum atomic E-state index is -0.480. The van der Waals surface area contributed by atoms with Crippen LogP contribution in [0.4, 0.5) is 0 Å². The van der Waals surface area contributed by atoms with Crippen LogP contribution in [0.15, 0.2) is 231 Å². The van der Waals surface area contributed by atoms with Crippen LogP contribution in [0.25, 0.3) is 77.2 Å². The summed E-state index contributed by atoms with van der Waals surface area (Å²) < 4.78 is 0. The molecule has 0 bridgehead atoms. The molecule has 0 unspecified atom stereocenters. The fourth-order valence-corrected chi connectivity index (χ4v) is 9.49. The van der Waals surface area contributed by atoms with Crippen molar-refractivity contribution in [2.24, 2.45) is 0 Å². The molecule has 0 fully saturated rings. The lowest BCUT2D eigenvalue weighted by atomic mass is 9.67. The zero-order valence-electron chi connectivity index (χ0n) is 31.4. The third kappa shape index (κ3) is 5.37. The predicted molar refractivity (Wildman–Crippen MR) is 241 cm³/mol. The fraction of sp³-hybridized carbons (Fsp3) is 0.0175. The molecule has 0 saturated heterocycles. The molecule has 0 nitrogen and oxygen atoms in total. The van der Waals surface area contributed by atoms with E-state index in [1.165, 1.54) is 99.4 Å². The van der Waals surface area contributed by atoms with E-state index >= 15 is 0 Å². The topological polar surface area (TPSA) is 0 Å². The highest BCUT2D eigenvalue weighted by Gasteiger charge is 2.46. The molecule has 10 aromatic carbocycles. The minimum Gasteiger partial charge on any atom is -0.0622 e. The lowest BCUT2D eigenvalue weighted by Gasteiger charge is -2.34. The van der Waals surface area contributed by atoms with E-state index in [4.69, 9.17) is 0 Å². The van der Waals surface area contributed by atoms with Crippen molar-refractivity contribution in [3.63, 3.8) is 0 Å². The van der Waals surface area contributed by atoms with Crippen LogP contribution in [-0.4, -0.2) is 0 Å². The van der Waals surface area contributed by atoms with Gasteiger partial charge in [-0.15, -0.1) is 0 Å². The number of hydrogen-bond acceptors (Lipinski definition) is 0. The van der Waals surface area contributed by atoms with E-state index in [0.29, 0.717) is 0 Å². The molecule has 11 rings (SSSR count). The number of rotatable bonds is 6. The Morgan fingerprint density at radius 3 is 1.44 bits per heavy atom. The first-order valence-corrected chi connectivity index (χ1v) is 19.8. The lowest BCUT2D eigenvalue weighted by Crippen LogP contribution is -2.28. The second-order valence-corrected chi connectivity index (χ2v) is 15.2. The van der Waals surface area contributed by atoms with E-state index in [1.54, 1.807) is 0 Å². The molecular weight excluding hydrogens is 685 g/mol. The van der Waals surface area contributed by atoms with Gasteiger partial charge in [0.25, 0.3) is 0 Å². The van der Waals surface area contributed by atoms with Crippen molar-refractivity contribution in [2.45, 2.75) is 5.41 Å². The first kappa shape index (κ1) is 33.1. The largest absolute Gasteiger partial charge is 0.0713 e. The van der Waals surface area contributed by atoms with Gasteiger partial charge in [0.1, 0.15) is 0 Å². The highest BCUT2D eigenvalue weighted by atomic mass is 14.5. The molecule has 0 atom stereocenters. The summed E-state index contributed by atoms with van der Waals surface area (Å²) in [6, 6.07) is 85.2. The molecule has 266 valence electrons. The molecule has 10 aromatic rings. The SMILES string of the molecule is c1ccc(-c2cccc(-c3ccc(-c4ccc(-c5ccc6ccccc6c5)c5cc6c(cc45)C(c4ccccc4)(c4ccccc4)c4ccccc4-6)cc3)c2)cc1. The summed E-state index contributed by atoms with van der Waals surface area (Å²) in [6.07, 6.45) is 0. The molecule has 1 aliphatic carbocycles. The van der Waals surface area contributed by atoms with Gasteiger partial charge in [-0.25, -0.2) is 0 Å². The lowest BCUT2D eigenvalue weighted by molar-refractivity contribution is 0.769. The molecule has 0 heteroatoms. The van der Waals surface area contributed by atoms with Gasteiger partial charge in [0.05, 0.1) is 5.41 Å². The molecule has 0 N–H and O–H groups in total. The van der Waals surface area contributed by atoms with Crippen LogP contribution in [0.3, 0.4) is 0 Å². The zero-order valence-corrected chi connectivity index (χ0v) is 31.4. The molecule has 57 heavy (non-hydrogen) atoms. The smallest absolute Gasteiger partial charge is 0.0622 e. The Bertz CT molecular complexity index is 3040. The summed E-state index contributed by atoms with van der Waals surface area (Å²) in [5.41, 5.74) is 17.1. The predicted octanol–water partition coefficient (Wildman–Crippen LogP) is 15.0. The van der Waals surface area contributed by atoms with Crippen molar-refractivity contribution in [1.29, 1.82) is 0 Å². The van der Waals surface area contributed by atoms with Gasteiger partial charge in [-0.05, 0) is 124 Å². The molecule has 0 radical (unpaired) electrons. The minimum absolute atomic E-state index is 0.480.